The van der Waals surface area contributed by atoms with Crippen LogP contribution in [0.4, 0.5) is 10.8 Å². The van der Waals surface area contributed by atoms with E-state index < -0.39 is 0 Å². The molecule has 27 heavy (non-hydrogen) atoms. The highest BCUT2D eigenvalue weighted by atomic mass is 32.2. The first-order valence-electron chi connectivity index (χ1n) is 8.41. The summed E-state index contributed by atoms with van der Waals surface area (Å²) >= 11 is 3.06. The van der Waals surface area contributed by atoms with Gasteiger partial charge in [0.2, 0.25) is 5.13 Å². The van der Waals surface area contributed by atoms with Gasteiger partial charge >= 0.3 is 5.63 Å². The van der Waals surface area contributed by atoms with Crippen LogP contribution in [0.3, 0.4) is 0 Å². The Kier molecular flexibility index (Phi) is 4.96. The van der Waals surface area contributed by atoms with Crippen molar-refractivity contribution in [2.24, 2.45) is 0 Å². The third-order valence-electron chi connectivity index (χ3n) is 4.13. The maximum atomic E-state index is 11.9. The van der Waals surface area contributed by atoms with Crippen molar-refractivity contribution >= 4 is 44.9 Å². The molecule has 7 heteroatoms. The van der Waals surface area contributed by atoms with E-state index in [0.717, 1.165) is 37.2 Å². The highest BCUT2D eigenvalue weighted by molar-refractivity contribution is 8.00. The van der Waals surface area contributed by atoms with Crippen molar-refractivity contribution in [3.05, 3.63) is 75.6 Å². The van der Waals surface area contributed by atoms with Gasteiger partial charge in [-0.15, -0.1) is 10.2 Å². The smallest absolute Gasteiger partial charge is 0.336 e. The molecule has 136 valence electrons. The number of fused-ring (bicyclic) bond motifs is 1. The second-order valence-electron chi connectivity index (χ2n) is 6.19. The van der Waals surface area contributed by atoms with E-state index in [0.29, 0.717) is 11.3 Å². The van der Waals surface area contributed by atoms with Crippen LogP contribution in [-0.4, -0.2) is 10.2 Å². The van der Waals surface area contributed by atoms with Gasteiger partial charge < -0.3 is 9.73 Å². The second-order valence-corrected chi connectivity index (χ2v) is 8.39. The minimum absolute atomic E-state index is 0.331. The lowest BCUT2D eigenvalue weighted by atomic mass is 10.1. The van der Waals surface area contributed by atoms with E-state index in [1.165, 1.54) is 11.3 Å². The van der Waals surface area contributed by atoms with E-state index in [9.17, 15) is 4.79 Å². The summed E-state index contributed by atoms with van der Waals surface area (Å²) in [7, 11) is 0. The zero-order chi connectivity index (χ0) is 18.8. The summed E-state index contributed by atoms with van der Waals surface area (Å²) < 4.78 is 6.16. The lowest BCUT2D eigenvalue weighted by Gasteiger charge is -2.05. The van der Waals surface area contributed by atoms with Gasteiger partial charge in [0.05, 0.1) is 0 Å². The quantitative estimate of drug-likeness (QED) is 0.365. The summed E-state index contributed by atoms with van der Waals surface area (Å²) in [4.78, 5) is 11.9. The minimum atomic E-state index is -0.331. The predicted octanol–water partition coefficient (Wildman–Crippen LogP) is 5.30. The van der Waals surface area contributed by atoms with Crippen LogP contribution in [0.5, 0.6) is 0 Å². The van der Waals surface area contributed by atoms with Crippen LogP contribution < -0.4 is 10.9 Å². The molecule has 0 amide bonds. The first kappa shape index (κ1) is 17.8. The van der Waals surface area contributed by atoms with Gasteiger partial charge in [-0.25, -0.2) is 4.79 Å². The number of hydrogen-bond donors (Lipinski definition) is 1. The summed E-state index contributed by atoms with van der Waals surface area (Å²) in [5, 5.41) is 13.5. The van der Waals surface area contributed by atoms with Gasteiger partial charge in [0, 0.05) is 22.9 Å². The summed E-state index contributed by atoms with van der Waals surface area (Å²) in [6.07, 6.45) is 0. The largest absolute Gasteiger partial charge is 0.423 e. The van der Waals surface area contributed by atoms with E-state index in [2.05, 4.69) is 15.5 Å². The molecule has 0 fully saturated rings. The predicted molar refractivity (Wildman–Crippen MR) is 111 cm³/mol. The molecule has 0 radical (unpaired) electrons. The molecule has 0 aliphatic heterocycles. The zero-order valence-corrected chi connectivity index (χ0v) is 16.5. The van der Waals surface area contributed by atoms with E-state index in [1.807, 2.05) is 56.3 Å². The molecule has 0 unspecified atom stereocenters. The SMILES string of the molecule is Cc1ccc2c(CSc3nnc(Nc4ccccc4C)s3)cc(=O)oc2c1. The molecule has 2 heterocycles. The van der Waals surface area contributed by atoms with Gasteiger partial charge in [-0.1, -0.05) is 53.4 Å². The molecule has 5 nitrogen and oxygen atoms in total. The molecule has 0 saturated carbocycles. The van der Waals surface area contributed by atoms with Gasteiger partial charge in [-0.3, -0.25) is 0 Å². The second kappa shape index (κ2) is 7.54. The van der Waals surface area contributed by atoms with Crippen molar-refractivity contribution in [2.75, 3.05) is 5.32 Å². The maximum absolute atomic E-state index is 11.9. The Morgan fingerprint density at radius 2 is 1.96 bits per heavy atom. The van der Waals surface area contributed by atoms with Gasteiger partial charge in [-0.05, 0) is 42.7 Å². The molecule has 1 N–H and O–H groups in total. The molecule has 0 aliphatic carbocycles. The molecule has 4 aromatic rings. The monoisotopic (exact) mass is 395 g/mol. The standard InChI is InChI=1S/C20H17N3O2S2/c1-12-7-8-15-14(10-18(24)25-17(15)9-12)11-26-20-23-22-19(27-20)21-16-6-4-3-5-13(16)2/h3-10H,11H2,1-2H3,(H,21,22). The molecule has 4 rings (SSSR count). The lowest BCUT2D eigenvalue weighted by Crippen LogP contribution is -2.00. The van der Waals surface area contributed by atoms with Gasteiger partial charge in [0.25, 0.3) is 0 Å². The van der Waals surface area contributed by atoms with Crippen LogP contribution >= 0.6 is 23.1 Å². The molecule has 0 saturated heterocycles. The van der Waals surface area contributed by atoms with Gasteiger partial charge in [0.1, 0.15) is 5.58 Å². The summed E-state index contributed by atoms with van der Waals surface area (Å²) in [5.74, 6) is 0.629. The fourth-order valence-corrected chi connectivity index (χ4v) is 4.50. The number of hydrogen-bond acceptors (Lipinski definition) is 7. The molecular formula is C20H17N3O2S2. The van der Waals surface area contributed by atoms with Crippen molar-refractivity contribution in [1.29, 1.82) is 0 Å². The molecule has 0 bridgehead atoms. The first-order valence-corrected chi connectivity index (χ1v) is 10.2. The fourth-order valence-electron chi connectivity index (χ4n) is 2.74. The third-order valence-corrected chi connectivity index (χ3v) is 6.15. The van der Waals surface area contributed by atoms with E-state index in [4.69, 9.17) is 4.42 Å². The number of rotatable bonds is 5. The first-order chi connectivity index (χ1) is 13.1. The summed E-state index contributed by atoms with van der Waals surface area (Å²) in [6, 6.07) is 15.5. The van der Waals surface area contributed by atoms with Gasteiger partial charge in [0.15, 0.2) is 4.34 Å². The van der Waals surface area contributed by atoms with Crippen molar-refractivity contribution < 1.29 is 4.42 Å². The normalized spacial score (nSPS) is 11.0. The maximum Gasteiger partial charge on any atom is 0.336 e. The zero-order valence-electron chi connectivity index (χ0n) is 14.9. The van der Waals surface area contributed by atoms with Crippen LogP contribution in [0.2, 0.25) is 0 Å². The van der Waals surface area contributed by atoms with Crippen molar-refractivity contribution in [1.82, 2.24) is 10.2 Å². The highest BCUT2D eigenvalue weighted by Gasteiger charge is 2.10. The van der Waals surface area contributed by atoms with Crippen LogP contribution in [0.25, 0.3) is 11.0 Å². The topological polar surface area (TPSA) is 68.0 Å². The molecule has 0 aliphatic rings. The molecule has 0 atom stereocenters. The van der Waals surface area contributed by atoms with Crippen LogP contribution in [0.15, 0.2) is 62.1 Å². The number of thioether (sulfide) groups is 1. The molecule has 2 aromatic carbocycles. The number of nitrogens with one attached hydrogen (secondary N) is 1. The molecule has 2 aromatic heterocycles. The van der Waals surface area contributed by atoms with E-state index in [-0.39, 0.29) is 5.63 Å². The highest BCUT2D eigenvalue weighted by Crippen LogP contribution is 2.32. The van der Waals surface area contributed by atoms with Crippen LogP contribution in [0.1, 0.15) is 16.7 Å². The Morgan fingerprint density at radius 1 is 1.11 bits per heavy atom. The Bertz CT molecular complexity index is 1170. The number of para-hydroxylation sites is 1. The Balaban J connectivity index is 1.52. The Morgan fingerprint density at radius 3 is 2.81 bits per heavy atom. The molecular weight excluding hydrogens is 378 g/mol. The Hall–Kier alpha value is -2.64. The number of nitrogens with zero attached hydrogens (tertiary/aromatic N) is 2. The Labute approximate surface area is 164 Å². The summed E-state index contributed by atoms with van der Waals surface area (Å²) in [5.41, 5.74) is 4.47. The van der Waals surface area contributed by atoms with E-state index in [1.54, 1.807) is 17.8 Å². The third kappa shape index (κ3) is 4.04. The van der Waals surface area contributed by atoms with Crippen LogP contribution in [-0.2, 0) is 5.75 Å². The summed E-state index contributed by atoms with van der Waals surface area (Å²) in [6.45, 7) is 4.03. The number of benzene rings is 2. The van der Waals surface area contributed by atoms with Gasteiger partial charge in [-0.2, -0.15) is 0 Å². The van der Waals surface area contributed by atoms with Crippen molar-refractivity contribution in [2.45, 2.75) is 23.9 Å². The van der Waals surface area contributed by atoms with E-state index >= 15 is 0 Å². The minimum Gasteiger partial charge on any atom is -0.423 e. The average molecular weight is 396 g/mol. The van der Waals surface area contributed by atoms with Crippen molar-refractivity contribution in [3.8, 4) is 0 Å². The van der Waals surface area contributed by atoms with Crippen LogP contribution in [0, 0.1) is 13.8 Å². The lowest BCUT2D eigenvalue weighted by molar-refractivity contribution is 0.559. The average Bonchev–Trinajstić information content (AvgIpc) is 3.08. The molecule has 0 spiro atoms. The fraction of sp³-hybridized carbons (Fsp3) is 0.150. The van der Waals surface area contributed by atoms with Crippen molar-refractivity contribution in [3.63, 3.8) is 0 Å². The number of aryl methyl sites for hydroxylation is 2. The number of anilines is 2. The number of aromatic nitrogens is 2.